The molecule has 0 radical (unpaired) electrons. The summed E-state index contributed by atoms with van der Waals surface area (Å²) in [4.78, 5) is 12.4. The highest BCUT2D eigenvalue weighted by molar-refractivity contribution is 7.56. The monoisotopic (exact) mass is 311 g/mol. The molecule has 1 rings (SSSR count). The van der Waals surface area contributed by atoms with Crippen LogP contribution in [-0.4, -0.2) is 31.8 Å². The minimum Gasteiger partial charge on any atom is -0.497 e. The summed E-state index contributed by atoms with van der Waals surface area (Å²) in [5, 5.41) is 9.22. The Morgan fingerprint density at radius 2 is 1.76 bits per heavy atom. The Morgan fingerprint density at radius 1 is 1.24 bits per heavy atom. The largest absolute Gasteiger partial charge is 0.497 e. The number of Topliss-reactive ketones (excluding diaryl/α,β-unsaturated/α-hetero) is 1. The first-order valence-corrected chi connectivity index (χ1v) is 8.10. The molecule has 0 N–H and O–H groups in total. The van der Waals surface area contributed by atoms with Crippen LogP contribution < -0.4 is 4.74 Å². The summed E-state index contributed by atoms with van der Waals surface area (Å²) in [5.41, 5.74) is -1.23. The van der Waals surface area contributed by atoms with Gasteiger partial charge in [-0.3, -0.25) is 9.36 Å². The first-order chi connectivity index (χ1) is 10.0. The molecule has 0 fully saturated rings. The van der Waals surface area contributed by atoms with Crippen LogP contribution >= 0.6 is 7.60 Å². The summed E-state index contributed by atoms with van der Waals surface area (Å²) in [7, 11) is -2.30. The number of carbonyl (C=O) groups excluding carboxylic acids is 1. The van der Waals surface area contributed by atoms with Crippen LogP contribution in [0, 0.1) is 11.3 Å². The zero-order valence-corrected chi connectivity index (χ0v) is 13.1. The van der Waals surface area contributed by atoms with E-state index in [1.54, 1.807) is 32.0 Å². The lowest BCUT2D eigenvalue weighted by atomic mass is 10.1. The Morgan fingerprint density at radius 3 is 2.14 bits per heavy atom. The van der Waals surface area contributed by atoms with Crippen molar-refractivity contribution in [1.29, 1.82) is 5.26 Å². The molecule has 7 heteroatoms. The third-order valence-electron chi connectivity index (χ3n) is 2.68. The van der Waals surface area contributed by atoms with E-state index in [0.717, 1.165) is 0 Å². The van der Waals surface area contributed by atoms with Crippen molar-refractivity contribution in [3.05, 3.63) is 29.8 Å². The molecule has 1 aromatic carbocycles. The molecule has 0 aliphatic heterocycles. The highest BCUT2D eigenvalue weighted by Gasteiger charge is 2.41. The van der Waals surface area contributed by atoms with E-state index >= 15 is 0 Å². The summed E-state index contributed by atoms with van der Waals surface area (Å²) in [6, 6.07) is 7.94. The maximum atomic E-state index is 12.6. The molecule has 1 aromatic rings. The highest BCUT2D eigenvalue weighted by atomic mass is 31.2. The standard InChI is InChI=1S/C14H18NO5P/c1-4-19-21(17,20-5-2)13(10-15)14(16)11-6-8-12(18-3)9-7-11/h6-9,13H,4-5H2,1-3H3/t13-/m1/s1. The van der Waals surface area contributed by atoms with Crippen LogP contribution in [0.2, 0.25) is 0 Å². The fourth-order valence-electron chi connectivity index (χ4n) is 1.73. The van der Waals surface area contributed by atoms with Crippen LogP contribution in [0.5, 0.6) is 5.75 Å². The van der Waals surface area contributed by atoms with E-state index in [4.69, 9.17) is 13.8 Å². The van der Waals surface area contributed by atoms with E-state index in [0.29, 0.717) is 5.75 Å². The molecule has 0 aromatic heterocycles. The molecule has 0 amide bonds. The Kier molecular flexibility index (Phi) is 6.57. The molecule has 0 heterocycles. The van der Waals surface area contributed by atoms with Crippen LogP contribution in [0.3, 0.4) is 0 Å². The van der Waals surface area contributed by atoms with Crippen LogP contribution in [0.15, 0.2) is 24.3 Å². The number of ether oxygens (including phenoxy) is 1. The number of rotatable bonds is 8. The van der Waals surface area contributed by atoms with Crippen molar-refractivity contribution < 1.29 is 23.1 Å². The highest BCUT2D eigenvalue weighted by Crippen LogP contribution is 2.53. The van der Waals surface area contributed by atoms with Crippen molar-refractivity contribution >= 4 is 13.4 Å². The maximum absolute atomic E-state index is 12.6. The van der Waals surface area contributed by atoms with Gasteiger partial charge in [-0.15, -0.1) is 0 Å². The number of nitriles is 1. The van der Waals surface area contributed by atoms with Gasteiger partial charge < -0.3 is 13.8 Å². The summed E-state index contributed by atoms with van der Waals surface area (Å²) in [5.74, 6) is -0.0109. The average molecular weight is 311 g/mol. The van der Waals surface area contributed by atoms with Crippen LogP contribution in [-0.2, 0) is 13.6 Å². The summed E-state index contributed by atoms with van der Waals surface area (Å²) in [6.07, 6.45) is 0. The minimum atomic E-state index is -3.81. The first-order valence-electron chi connectivity index (χ1n) is 6.49. The van der Waals surface area contributed by atoms with Crippen LogP contribution in [0.1, 0.15) is 24.2 Å². The van der Waals surface area contributed by atoms with Gasteiger partial charge in [0.25, 0.3) is 0 Å². The lowest BCUT2D eigenvalue weighted by Crippen LogP contribution is -2.22. The zero-order chi connectivity index (χ0) is 15.9. The number of nitrogens with zero attached hydrogens (tertiary/aromatic N) is 1. The predicted molar refractivity (Wildman–Crippen MR) is 77.6 cm³/mol. The van der Waals surface area contributed by atoms with E-state index < -0.39 is 19.0 Å². The molecule has 0 aliphatic carbocycles. The number of methoxy groups -OCH3 is 1. The van der Waals surface area contributed by atoms with Gasteiger partial charge in [-0.05, 0) is 38.1 Å². The molecule has 114 valence electrons. The van der Waals surface area contributed by atoms with Crippen LogP contribution in [0.25, 0.3) is 0 Å². The fraction of sp³-hybridized carbons (Fsp3) is 0.429. The molecule has 21 heavy (non-hydrogen) atoms. The second kappa shape index (κ2) is 7.94. The molecule has 0 aliphatic rings. The molecule has 0 saturated carbocycles. The van der Waals surface area contributed by atoms with E-state index in [2.05, 4.69) is 0 Å². The van der Waals surface area contributed by atoms with Gasteiger partial charge in [0.1, 0.15) is 5.75 Å². The predicted octanol–water partition coefficient (Wildman–Crippen LogP) is 3.04. The van der Waals surface area contributed by atoms with Crippen molar-refractivity contribution in [2.45, 2.75) is 19.5 Å². The third-order valence-corrected chi connectivity index (χ3v) is 4.90. The van der Waals surface area contributed by atoms with E-state index in [-0.39, 0.29) is 18.8 Å². The van der Waals surface area contributed by atoms with Gasteiger partial charge in [0, 0.05) is 5.56 Å². The van der Waals surface area contributed by atoms with Gasteiger partial charge in [-0.25, -0.2) is 0 Å². The fourth-order valence-corrected chi connectivity index (χ4v) is 3.40. The number of ketones is 1. The van der Waals surface area contributed by atoms with E-state index in [1.165, 1.54) is 19.2 Å². The Hall–Kier alpha value is -1.67. The SMILES string of the molecule is CCOP(=O)(OCC)[C@H](C#N)C(=O)c1ccc(OC)cc1. The summed E-state index contributed by atoms with van der Waals surface area (Å²) >= 11 is 0. The molecule has 0 spiro atoms. The number of hydrogen-bond acceptors (Lipinski definition) is 6. The molecule has 1 atom stereocenters. The second-order valence-corrected chi connectivity index (χ2v) is 6.11. The van der Waals surface area contributed by atoms with Crippen molar-refractivity contribution in [1.82, 2.24) is 0 Å². The number of carbonyl (C=O) groups is 1. The van der Waals surface area contributed by atoms with Crippen molar-refractivity contribution in [3.8, 4) is 11.8 Å². The van der Waals surface area contributed by atoms with Crippen LogP contribution in [0.4, 0.5) is 0 Å². The van der Waals surface area contributed by atoms with E-state index in [9.17, 15) is 14.6 Å². The van der Waals surface area contributed by atoms with Gasteiger partial charge in [0.05, 0.1) is 26.4 Å². The molecule has 0 saturated heterocycles. The number of hydrogen-bond donors (Lipinski definition) is 0. The number of benzene rings is 1. The van der Waals surface area contributed by atoms with Crippen molar-refractivity contribution in [2.75, 3.05) is 20.3 Å². The van der Waals surface area contributed by atoms with Gasteiger partial charge in [0.15, 0.2) is 5.78 Å². The van der Waals surface area contributed by atoms with Gasteiger partial charge in [0.2, 0.25) is 5.66 Å². The quantitative estimate of drug-likeness (QED) is 0.542. The maximum Gasteiger partial charge on any atom is 0.355 e. The lowest BCUT2D eigenvalue weighted by Gasteiger charge is -2.20. The first kappa shape index (κ1) is 17.4. The minimum absolute atomic E-state index is 0.0886. The molecular weight excluding hydrogens is 293 g/mol. The normalized spacial score (nSPS) is 12.5. The summed E-state index contributed by atoms with van der Waals surface area (Å²) < 4.78 is 27.7. The Labute approximate surface area is 124 Å². The Balaban J connectivity index is 3.09. The zero-order valence-electron chi connectivity index (χ0n) is 12.2. The van der Waals surface area contributed by atoms with Gasteiger partial charge in [-0.1, -0.05) is 0 Å². The van der Waals surface area contributed by atoms with E-state index in [1.807, 2.05) is 0 Å². The Bertz CT molecular complexity index is 554. The summed E-state index contributed by atoms with van der Waals surface area (Å²) in [6.45, 7) is 3.42. The van der Waals surface area contributed by atoms with Crippen molar-refractivity contribution in [3.63, 3.8) is 0 Å². The molecular formula is C14H18NO5P. The smallest absolute Gasteiger partial charge is 0.355 e. The van der Waals surface area contributed by atoms with Crippen molar-refractivity contribution in [2.24, 2.45) is 0 Å². The third kappa shape index (κ3) is 4.15. The average Bonchev–Trinajstić information content (AvgIpc) is 2.48. The molecule has 0 bridgehead atoms. The second-order valence-electron chi connectivity index (χ2n) is 4.00. The molecule has 0 unspecified atom stereocenters. The lowest BCUT2D eigenvalue weighted by molar-refractivity contribution is 0.0985. The topological polar surface area (TPSA) is 85.6 Å². The van der Waals surface area contributed by atoms with Gasteiger partial charge >= 0.3 is 7.60 Å². The molecule has 6 nitrogen and oxygen atoms in total. The van der Waals surface area contributed by atoms with Gasteiger partial charge in [-0.2, -0.15) is 5.26 Å².